The number of hydrogen-bond acceptors (Lipinski definition) is 3. The van der Waals surface area contributed by atoms with Crippen LogP contribution in [-0.2, 0) is 9.84 Å². The van der Waals surface area contributed by atoms with Crippen molar-refractivity contribution in [3.63, 3.8) is 0 Å². The van der Waals surface area contributed by atoms with Gasteiger partial charge in [-0.25, -0.2) is 8.42 Å². The molecule has 5 heteroatoms. The van der Waals surface area contributed by atoms with E-state index < -0.39 is 17.9 Å². The Balaban J connectivity index is 2.57. The first-order valence-corrected chi connectivity index (χ1v) is 11.8. The van der Waals surface area contributed by atoms with Crippen molar-refractivity contribution in [3.8, 4) is 0 Å². The van der Waals surface area contributed by atoms with Crippen molar-refractivity contribution in [2.75, 3.05) is 17.7 Å². The highest BCUT2D eigenvalue weighted by Crippen LogP contribution is 2.03. The van der Waals surface area contributed by atoms with Crippen molar-refractivity contribution in [2.45, 2.75) is 33.0 Å². The number of rotatable bonds is 7. The summed E-state index contributed by atoms with van der Waals surface area (Å²) in [6.07, 6.45) is 0.900. The second-order valence-electron chi connectivity index (χ2n) is 5.73. The van der Waals surface area contributed by atoms with Gasteiger partial charge in [-0.15, -0.1) is 0 Å². The summed E-state index contributed by atoms with van der Waals surface area (Å²) in [7, 11) is -4.43. The van der Waals surface area contributed by atoms with E-state index in [1.165, 1.54) is 5.19 Å². The van der Waals surface area contributed by atoms with Crippen LogP contribution in [0, 0.1) is 0 Å². The number of sulfone groups is 1. The van der Waals surface area contributed by atoms with Gasteiger partial charge >= 0.3 is 0 Å². The fourth-order valence-electron chi connectivity index (χ4n) is 1.98. The van der Waals surface area contributed by atoms with E-state index >= 15 is 0 Å². The highest BCUT2D eigenvalue weighted by molar-refractivity contribution is 7.91. The standard InChI is InChI=1S/C14H25NO2SSi/c1-5-18(16,17)11-13(2)15-12-19(3,4)14-9-7-6-8-10-14/h6-10,13,15H,5,11-12H2,1-4H3. The number of hydrogen-bond donors (Lipinski definition) is 1. The molecule has 0 saturated carbocycles. The third kappa shape index (κ3) is 5.46. The second-order valence-corrected chi connectivity index (χ2v) is 12.8. The molecule has 1 unspecified atom stereocenters. The fourth-order valence-corrected chi connectivity index (χ4v) is 5.25. The molecule has 1 N–H and O–H groups in total. The van der Waals surface area contributed by atoms with Gasteiger partial charge in [-0.3, -0.25) is 0 Å². The SMILES string of the molecule is CCS(=O)(=O)CC(C)NC[Si](C)(C)c1ccccc1. The van der Waals surface area contributed by atoms with Crippen molar-refractivity contribution in [1.29, 1.82) is 0 Å². The Morgan fingerprint density at radius 2 is 1.79 bits per heavy atom. The summed E-state index contributed by atoms with van der Waals surface area (Å²) in [4.78, 5) is 0. The predicted molar refractivity (Wildman–Crippen MR) is 85.4 cm³/mol. The van der Waals surface area contributed by atoms with Gasteiger partial charge in [0.15, 0.2) is 9.84 Å². The van der Waals surface area contributed by atoms with E-state index in [0.717, 1.165) is 6.17 Å². The van der Waals surface area contributed by atoms with Crippen LogP contribution in [0.2, 0.25) is 13.1 Å². The van der Waals surface area contributed by atoms with Gasteiger partial charge in [0, 0.05) is 11.8 Å². The van der Waals surface area contributed by atoms with Gasteiger partial charge in [-0.2, -0.15) is 0 Å². The van der Waals surface area contributed by atoms with Crippen LogP contribution in [0.3, 0.4) is 0 Å². The van der Waals surface area contributed by atoms with Crippen LogP contribution in [0.5, 0.6) is 0 Å². The van der Waals surface area contributed by atoms with Crippen molar-refractivity contribution in [3.05, 3.63) is 30.3 Å². The van der Waals surface area contributed by atoms with E-state index in [-0.39, 0.29) is 17.5 Å². The molecule has 0 radical (unpaired) electrons. The van der Waals surface area contributed by atoms with Crippen LogP contribution in [0.1, 0.15) is 13.8 Å². The van der Waals surface area contributed by atoms with E-state index in [1.807, 2.05) is 13.0 Å². The summed E-state index contributed by atoms with van der Waals surface area (Å²) in [5, 5.41) is 4.79. The topological polar surface area (TPSA) is 46.2 Å². The van der Waals surface area contributed by atoms with E-state index in [4.69, 9.17) is 0 Å². The molecule has 1 aromatic carbocycles. The zero-order valence-corrected chi connectivity index (χ0v) is 14.1. The Hall–Kier alpha value is -0.653. The monoisotopic (exact) mass is 299 g/mol. The number of nitrogens with one attached hydrogen (secondary N) is 1. The third-order valence-electron chi connectivity index (χ3n) is 3.39. The molecule has 0 aromatic heterocycles. The molecule has 0 aliphatic heterocycles. The first-order chi connectivity index (χ1) is 8.77. The maximum atomic E-state index is 11.6. The summed E-state index contributed by atoms with van der Waals surface area (Å²) in [6.45, 7) is 8.25. The lowest BCUT2D eigenvalue weighted by atomic mass is 10.4. The molecule has 0 aliphatic rings. The Kier molecular flexibility index (Phi) is 5.76. The zero-order valence-electron chi connectivity index (χ0n) is 12.3. The Bertz CT molecular complexity index is 485. The molecule has 0 amide bonds. The van der Waals surface area contributed by atoms with Crippen LogP contribution in [0.25, 0.3) is 0 Å². The smallest absolute Gasteiger partial charge is 0.151 e. The van der Waals surface area contributed by atoms with Crippen molar-refractivity contribution < 1.29 is 8.42 Å². The van der Waals surface area contributed by atoms with E-state index in [0.29, 0.717) is 0 Å². The molecule has 3 nitrogen and oxygen atoms in total. The first-order valence-electron chi connectivity index (χ1n) is 6.76. The molecule has 1 atom stereocenters. The molecule has 0 fully saturated rings. The van der Waals surface area contributed by atoms with Crippen LogP contribution >= 0.6 is 0 Å². The van der Waals surface area contributed by atoms with Crippen LogP contribution in [0.15, 0.2) is 30.3 Å². The van der Waals surface area contributed by atoms with Crippen molar-refractivity contribution in [1.82, 2.24) is 5.32 Å². The minimum absolute atomic E-state index is 0.0143. The molecule has 0 heterocycles. The lowest BCUT2D eigenvalue weighted by molar-refractivity contribution is 0.575. The maximum absolute atomic E-state index is 11.6. The van der Waals surface area contributed by atoms with Gasteiger partial charge in [0.2, 0.25) is 0 Å². The third-order valence-corrected chi connectivity index (χ3v) is 8.26. The van der Waals surface area contributed by atoms with Crippen molar-refractivity contribution in [2.24, 2.45) is 0 Å². The molecule has 1 aromatic rings. The molecule has 0 bridgehead atoms. The molecule has 19 heavy (non-hydrogen) atoms. The van der Waals surface area contributed by atoms with Crippen LogP contribution in [-0.4, -0.2) is 40.2 Å². The average molecular weight is 300 g/mol. The second kappa shape index (κ2) is 6.68. The lowest BCUT2D eigenvalue weighted by Gasteiger charge is -2.25. The largest absolute Gasteiger partial charge is 0.316 e. The molecule has 1 rings (SSSR count). The predicted octanol–water partition coefficient (Wildman–Crippen LogP) is 1.55. The molecule has 0 aliphatic carbocycles. The van der Waals surface area contributed by atoms with Crippen molar-refractivity contribution >= 4 is 23.1 Å². The average Bonchev–Trinajstić information content (AvgIpc) is 2.37. The molecule has 0 spiro atoms. The van der Waals surface area contributed by atoms with E-state index in [1.54, 1.807) is 6.92 Å². The minimum Gasteiger partial charge on any atom is -0.316 e. The van der Waals surface area contributed by atoms with Crippen LogP contribution in [0.4, 0.5) is 0 Å². The fraction of sp³-hybridized carbons (Fsp3) is 0.571. The Labute approximate surface area is 118 Å². The lowest BCUT2D eigenvalue weighted by Crippen LogP contribution is -2.53. The summed E-state index contributed by atoms with van der Waals surface area (Å²) in [5.41, 5.74) is 0. The summed E-state index contributed by atoms with van der Waals surface area (Å²) >= 11 is 0. The number of benzene rings is 1. The Morgan fingerprint density at radius 3 is 2.32 bits per heavy atom. The molecular formula is C14H25NO2SSi. The molecule has 0 saturated heterocycles. The van der Waals surface area contributed by atoms with Gasteiger partial charge in [-0.05, 0) is 13.1 Å². The Morgan fingerprint density at radius 1 is 1.21 bits per heavy atom. The summed E-state index contributed by atoms with van der Waals surface area (Å²) in [6, 6.07) is 10.5. The minimum atomic E-state index is -2.90. The van der Waals surface area contributed by atoms with Gasteiger partial charge in [0.1, 0.15) is 0 Å². The quantitative estimate of drug-likeness (QED) is 0.777. The van der Waals surface area contributed by atoms with Gasteiger partial charge < -0.3 is 5.32 Å². The normalized spacial score (nSPS) is 14.3. The first kappa shape index (κ1) is 16.4. The van der Waals surface area contributed by atoms with Gasteiger partial charge in [0.25, 0.3) is 0 Å². The summed E-state index contributed by atoms with van der Waals surface area (Å²) in [5.74, 6) is 0.446. The highest BCUT2D eigenvalue weighted by Gasteiger charge is 2.24. The van der Waals surface area contributed by atoms with Gasteiger partial charge in [0.05, 0.1) is 13.8 Å². The highest BCUT2D eigenvalue weighted by atomic mass is 32.2. The van der Waals surface area contributed by atoms with Gasteiger partial charge in [-0.1, -0.05) is 55.5 Å². The zero-order chi connectivity index (χ0) is 14.5. The summed E-state index contributed by atoms with van der Waals surface area (Å²) < 4.78 is 23.2. The van der Waals surface area contributed by atoms with E-state index in [9.17, 15) is 8.42 Å². The van der Waals surface area contributed by atoms with E-state index in [2.05, 4.69) is 42.7 Å². The maximum Gasteiger partial charge on any atom is 0.151 e. The molecule has 108 valence electrons. The van der Waals surface area contributed by atoms with Crippen LogP contribution < -0.4 is 10.5 Å². The molecular weight excluding hydrogens is 274 g/mol.